The van der Waals surface area contributed by atoms with Crippen LogP contribution in [0.25, 0.3) is 0 Å². The molecule has 0 unspecified atom stereocenters. The minimum absolute atomic E-state index is 0.119. The highest BCUT2D eigenvalue weighted by atomic mass is 32.2. The predicted octanol–water partition coefficient (Wildman–Crippen LogP) is 3.24. The van der Waals surface area contributed by atoms with Crippen molar-refractivity contribution in [3.05, 3.63) is 60.2 Å². The van der Waals surface area contributed by atoms with Crippen molar-refractivity contribution < 1.29 is 14.4 Å². The molecule has 2 heterocycles. The molecule has 0 radical (unpaired) electrons. The first kappa shape index (κ1) is 19.3. The summed E-state index contributed by atoms with van der Waals surface area (Å²) < 4.78 is 0. The SMILES string of the molecule is O=C(Nc1ccc(CN2C(=O)CSC2=O)cc1)N1CCN(c2ccccc2)CC1. The summed E-state index contributed by atoms with van der Waals surface area (Å²) in [5, 5.41) is 2.72. The molecule has 4 amide bonds. The Morgan fingerprint density at radius 3 is 2.24 bits per heavy atom. The van der Waals surface area contributed by atoms with Crippen molar-refractivity contribution in [3.63, 3.8) is 0 Å². The van der Waals surface area contributed by atoms with Gasteiger partial charge in [0, 0.05) is 37.6 Å². The second kappa shape index (κ2) is 8.57. The van der Waals surface area contributed by atoms with Gasteiger partial charge >= 0.3 is 6.03 Å². The second-order valence-electron chi connectivity index (χ2n) is 6.97. The van der Waals surface area contributed by atoms with E-state index in [-0.39, 0.29) is 29.5 Å². The molecule has 0 saturated carbocycles. The van der Waals surface area contributed by atoms with E-state index < -0.39 is 0 Å². The summed E-state index contributed by atoms with van der Waals surface area (Å²) in [5.41, 5.74) is 2.72. The zero-order valence-electron chi connectivity index (χ0n) is 15.9. The molecule has 2 fully saturated rings. The van der Waals surface area contributed by atoms with Crippen LogP contribution in [-0.4, -0.2) is 58.9 Å². The molecule has 2 aliphatic heterocycles. The Kier molecular flexibility index (Phi) is 5.71. The topological polar surface area (TPSA) is 73.0 Å². The number of nitrogens with zero attached hydrogens (tertiary/aromatic N) is 3. The standard InChI is InChI=1S/C21H22N4O3S/c26-19-15-29-21(28)25(19)14-16-6-8-17(9-7-16)22-20(27)24-12-10-23(11-13-24)18-4-2-1-3-5-18/h1-9H,10-15H2,(H,22,27). The monoisotopic (exact) mass is 410 g/mol. The van der Waals surface area contributed by atoms with Gasteiger partial charge in [-0.25, -0.2) is 4.79 Å². The number of hydrogen-bond acceptors (Lipinski definition) is 5. The number of para-hydroxylation sites is 1. The van der Waals surface area contributed by atoms with Gasteiger partial charge in [-0.05, 0) is 29.8 Å². The molecular weight excluding hydrogens is 388 g/mol. The molecule has 150 valence electrons. The molecule has 2 aliphatic rings. The molecule has 4 rings (SSSR count). The highest BCUT2D eigenvalue weighted by Gasteiger charge is 2.29. The van der Waals surface area contributed by atoms with Crippen LogP contribution < -0.4 is 10.2 Å². The van der Waals surface area contributed by atoms with E-state index in [9.17, 15) is 14.4 Å². The fourth-order valence-corrected chi connectivity index (χ4v) is 4.14. The Labute approximate surface area is 173 Å². The lowest BCUT2D eigenvalue weighted by Crippen LogP contribution is -2.50. The number of urea groups is 1. The molecule has 2 saturated heterocycles. The highest BCUT2D eigenvalue weighted by Crippen LogP contribution is 2.22. The van der Waals surface area contributed by atoms with E-state index in [0.717, 1.165) is 30.4 Å². The summed E-state index contributed by atoms with van der Waals surface area (Å²) in [6.45, 7) is 3.18. The molecule has 0 spiro atoms. The first-order valence-electron chi connectivity index (χ1n) is 9.52. The van der Waals surface area contributed by atoms with Gasteiger partial charge in [-0.15, -0.1) is 0 Å². The van der Waals surface area contributed by atoms with Crippen LogP contribution in [0.3, 0.4) is 0 Å². The predicted molar refractivity (Wildman–Crippen MR) is 114 cm³/mol. The Balaban J connectivity index is 1.29. The van der Waals surface area contributed by atoms with Gasteiger partial charge in [0.15, 0.2) is 0 Å². The number of carbonyl (C=O) groups excluding carboxylic acids is 3. The van der Waals surface area contributed by atoms with Crippen LogP contribution in [0.2, 0.25) is 0 Å². The molecule has 2 aromatic rings. The maximum Gasteiger partial charge on any atom is 0.321 e. The van der Waals surface area contributed by atoms with E-state index in [0.29, 0.717) is 18.8 Å². The Bertz CT molecular complexity index is 880. The number of hydrogen-bond donors (Lipinski definition) is 1. The van der Waals surface area contributed by atoms with E-state index >= 15 is 0 Å². The number of carbonyl (C=O) groups is 3. The van der Waals surface area contributed by atoms with E-state index in [1.165, 1.54) is 10.6 Å². The number of anilines is 2. The normalized spacial score (nSPS) is 17.0. The first-order valence-corrected chi connectivity index (χ1v) is 10.5. The number of imide groups is 1. The molecule has 29 heavy (non-hydrogen) atoms. The van der Waals surface area contributed by atoms with E-state index in [4.69, 9.17) is 0 Å². The first-order chi connectivity index (χ1) is 14.1. The third-order valence-electron chi connectivity index (χ3n) is 5.07. The van der Waals surface area contributed by atoms with Crippen LogP contribution >= 0.6 is 11.8 Å². The fourth-order valence-electron chi connectivity index (χ4n) is 3.42. The van der Waals surface area contributed by atoms with Gasteiger partial charge in [-0.2, -0.15) is 0 Å². The largest absolute Gasteiger partial charge is 0.368 e. The number of amides is 4. The maximum absolute atomic E-state index is 12.6. The van der Waals surface area contributed by atoms with Gasteiger partial charge in [0.1, 0.15) is 0 Å². The summed E-state index contributed by atoms with van der Waals surface area (Å²) in [4.78, 5) is 41.3. The van der Waals surface area contributed by atoms with Crippen LogP contribution in [-0.2, 0) is 11.3 Å². The summed E-state index contributed by atoms with van der Waals surface area (Å²) >= 11 is 1.03. The maximum atomic E-state index is 12.6. The average Bonchev–Trinajstić information content (AvgIpc) is 3.08. The minimum atomic E-state index is -0.206. The number of rotatable bonds is 4. The van der Waals surface area contributed by atoms with Crippen molar-refractivity contribution in [2.75, 3.05) is 42.1 Å². The molecule has 0 atom stereocenters. The van der Waals surface area contributed by atoms with Crippen molar-refractivity contribution in [1.29, 1.82) is 0 Å². The van der Waals surface area contributed by atoms with E-state index in [1.54, 1.807) is 12.1 Å². The summed E-state index contributed by atoms with van der Waals surface area (Å²) in [7, 11) is 0. The second-order valence-corrected chi connectivity index (χ2v) is 7.90. The lowest BCUT2D eigenvalue weighted by Gasteiger charge is -2.36. The quantitative estimate of drug-likeness (QED) is 0.838. The number of thioether (sulfide) groups is 1. The van der Waals surface area contributed by atoms with Gasteiger partial charge in [0.2, 0.25) is 5.91 Å². The Hall–Kier alpha value is -3.00. The highest BCUT2D eigenvalue weighted by molar-refractivity contribution is 8.14. The average molecular weight is 410 g/mol. The molecule has 1 N–H and O–H groups in total. The molecule has 0 aliphatic carbocycles. The van der Waals surface area contributed by atoms with Gasteiger partial charge in [-0.3, -0.25) is 14.5 Å². The van der Waals surface area contributed by atoms with Gasteiger partial charge in [0.05, 0.1) is 12.3 Å². The van der Waals surface area contributed by atoms with Gasteiger partial charge in [-0.1, -0.05) is 42.1 Å². The molecule has 0 aromatic heterocycles. The molecule has 2 aromatic carbocycles. The van der Waals surface area contributed by atoms with Crippen LogP contribution in [0, 0.1) is 0 Å². The van der Waals surface area contributed by atoms with Crippen molar-refractivity contribution >= 4 is 40.3 Å². The molecular formula is C21H22N4O3S. The summed E-state index contributed by atoms with van der Waals surface area (Å²) in [6, 6.07) is 17.3. The number of benzene rings is 2. The third-order valence-corrected chi connectivity index (χ3v) is 5.93. The van der Waals surface area contributed by atoms with Gasteiger partial charge in [0.25, 0.3) is 5.24 Å². The molecule has 7 nitrogen and oxygen atoms in total. The lowest BCUT2D eigenvalue weighted by atomic mass is 10.2. The third kappa shape index (κ3) is 4.54. The number of piperazine rings is 1. The van der Waals surface area contributed by atoms with Crippen molar-refractivity contribution in [2.24, 2.45) is 0 Å². The lowest BCUT2D eigenvalue weighted by molar-refractivity contribution is -0.125. The number of nitrogens with one attached hydrogen (secondary N) is 1. The smallest absolute Gasteiger partial charge is 0.321 e. The van der Waals surface area contributed by atoms with Crippen LogP contribution in [0.15, 0.2) is 54.6 Å². The fraction of sp³-hybridized carbons (Fsp3) is 0.286. The summed E-state index contributed by atoms with van der Waals surface area (Å²) in [5.74, 6) is 0.0526. The molecule has 8 heteroatoms. The van der Waals surface area contributed by atoms with Crippen molar-refractivity contribution in [3.8, 4) is 0 Å². The zero-order chi connectivity index (χ0) is 20.2. The van der Waals surface area contributed by atoms with Crippen LogP contribution in [0.5, 0.6) is 0 Å². The van der Waals surface area contributed by atoms with Crippen molar-refractivity contribution in [2.45, 2.75) is 6.54 Å². The molecule has 0 bridgehead atoms. The Morgan fingerprint density at radius 1 is 0.931 bits per heavy atom. The van der Waals surface area contributed by atoms with E-state index in [1.807, 2.05) is 35.2 Å². The summed E-state index contributed by atoms with van der Waals surface area (Å²) in [6.07, 6.45) is 0. The zero-order valence-corrected chi connectivity index (χ0v) is 16.7. The van der Waals surface area contributed by atoms with Crippen molar-refractivity contribution in [1.82, 2.24) is 9.80 Å². The van der Waals surface area contributed by atoms with Crippen LogP contribution in [0.1, 0.15) is 5.56 Å². The van der Waals surface area contributed by atoms with E-state index in [2.05, 4.69) is 22.3 Å². The van der Waals surface area contributed by atoms with Gasteiger partial charge < -0.3 is 15.1 Å². The minimum Gasteiger partial charge on any atom is -0.368 e. The van der Waals surface area contributed by atoms with Crippen LogP contribution in [0.4, 0.5) is 21.0 Å². The Morgan fingerprint density at radius 2 is 1.62 bits per heavy atom.